The maximum atomic E-state index is 12.4. The third-order valence-electron chi connectivity index (χ3n) is 4.83. The van der Waals surface area contributed by atoms with Crippen molar-refractivity contribution in [2.75, 3.05) is 18.4 Å². The molecule has 1 aromatic rings. The summed E-state index contributed by atoms with van der Waals surface area (Å²) in [5, 5.41) is 2.95. The zero-order valence-electron chi connectivity index (χ0n) is 14.7. The molecule has 2 atom stereocenters. The highest BCUT2D eigenvalue weighted by molar-refractivity contribution is 9.10. The Morgan fingerprint density at radius 2 is 1.84 bits per heavy atom. The number of nitrogens with two attached hydrogens (primary N) is 1. The number of piperidine rings is 1. The maximum absolute atomic E-state index is 12.4. The first-order chi connectivity index (χ1) is 11.4. The average Bonchev–Trinajstić information content (AvgIpc) is 2.61. The van der Waals surface area contributed by atoms with Crippen LogP contribution in [0, 0.1) is 11.8 Å². The Morgan fingerprint density at radius 3 is 2.36 bits per heavy atom. The Bertz CT molecular complexity index is 574. The molecule has 0 saturated carbocycles. The van der Waals surface area contributed by atoms with Crippen molar-refractivity contribution in [2.45, 2.75) is 39.2 Å². The van der Waals surface area contributed by atoms with Crippen molar-refractivity contribution in [1.82, 2.24) is 4.90 Å². The highest BCUT2D eigenvalue weighted by atomic mass is 79.9. The van der Waals surface area contributed by atoms with Gasteiger partial charge in [-0.25, -0.2) is 0 Å². The van der Waals surface area contributed by atoms with E-state index in [1.54, 1.807) is 4.90 Å². The molecule has 0 bridgehead atoms. The van der Waals surface area contributed by atoms with Crippen LogP contribution in [-0.4, -0.2) is 35.8 Å². The van der Waals surface area contributed by atoms with Crippen LogP contribution < -0.4 is 11.1 Å². The number of anilines is 1. The predicted molar refractivity (Wildman–Crippen MR) is 107 cm³/mol. The lowest BCUT2D eigenvalue weighted by molar-refractivity contribution is -0.136. The zero-order valence-corrected chi connectivity index (χ0v) is 17.1. The van der Waals surface area contributed by atoms with E-state index in [1.807, 2.05) is 38.1 Å². The molecule has 1 aliphatic heterocycles. The number of nitrogens with one attached hydrogen (secondary N) is 1. The first-order valence-corrected chi connectivity index (χ1v) is 9.32. The van der Waals surface area contributed by atoms with Gasteiger partial charge in [0, 0.05) is 29.2 Å². The van der Waals surface area contributed by atoms with Crippen molar-refractivity contribution in [3.05, 3.63) is 28.7 Å². The van der Waals surface area contributed by atoms with Gasteiger partial charge < -0.3 is 16.0 Å². The van der Waals surface area contributed by atoms with Crippen LogP contribution >= 0.6 is 28.3 Å². The summed E-state index contributed by atoms with van der Waals surface area (Å²) in [7, 11) is 0. The van der Waals surface area contributed by atoms with Gasteiger partial charge in [0.25, 0.3) is 0 Å². The van der Waals surface area contributed by atoms with Gasteiger partial charge in [0.15, 0.2) is 0 Å². The van der Waals surface area contributed by atoms with Gasteiger partial charge in [-0.2, -0.15) is 0 Å². The SMILES string of the molecule is CCC(C)C(N)C(=O)N1CCC(C(=O)Nc2ccc(Br)cc2)CC1.Cl. The minimum absolute atomic E-state index is 0. The maximum Gasteiger partial charge on any atom is 0.239 e. The quantitative estimate of drug-likeness (QED) is 0.748. The highest BCUT2D eigenvalue weighted by Crippen LogP contribution is 2.22. The number of carbonyl (C=O) groups excluding carboxylic acids is 2. The van der Waals surface area contributed by atoms with Crippen LogP contribution in [0.2, 0.25) is 0 Å². The van der Waals surface area contributed by atoms with E-state index in [4.69, 9.17) is 5.73 Å². The molecule has 5 nitrogen and oxygen atoms in total. The monoisotopic (exact) mass is 431 g/mol. The first kappa shape index (κ1) is 21.9. The van der Waals surface area contributed by atoms with Gasteiger partial charge in [0.05, 0.1) is 6.04 Å². The van der Waals surface area contributed by atoms with Crippen LogP contribution in [0.15, 0.2) is 28.7 Å². The van der Waals surface area contributed by atoms with Crippen molar-refractivity contribution >= 4 is 45.8 Å². The largest absolute Gasteiger partial charge is 0.341 e. The Morgan fingerprint density at radius 1 is 1.28 bits per heavy atom. The Balaban J connectivity index is 0.00000312. The topological polar surface area (TPSA) is 75.4 Å². The lowest BCUT2D eigenvalue weighted by Crippen LogP contribution is -2.50. The number of benzene rings is 1. The second-order valence-corrected chi connectivity index (χ2v) is 7.42. The van der Waals surface area contributed by atoms with Gasteiger partial charge in [-0.15, -0.1) is 12.4 Å². The number of carbonyl (C=O) groups is 2. The molecule has 3 N–H and O–H groups in total. The molecule has 2 amide bonds. The van der Waals surface area contributed by atoms with Gasteiger partial charge in [0.2, 0.25) is 11.8 Å². The van der Waals surface area contributed by atoms with Crippen molar-refractivity contribution in [3.63, 3.8) is 0 Å². The fourth-order valence-corrected chi connectivity index (χ4v) is 3.11. The summed E-state index contributed by atoms with van der Waals surface area (Å²) in [6.45, 7) is 5.24. The van der Waals surface area contributed by atoms with Crippen molar-refractivity contribution in [3.8, 4) is 0 Å². The number of hydrogen-bond acceptors (Lipinski definition) is 3. The third-order valence-corrected chi connectivity index (χ3v) is 5.36. The number of rotatable bonds is 5. The minimum Gasteiger partial charge on any atom is -0.341 e. The Hall–Kier alpha value is -1.11. The van der Waals surface area contributed by atoms with E-state index in [2.05, 4.69) is 21.2 Å². The minimum atomic E-state index is -0.442. The molecule has 140 valence electrons. The second kappa shape index (κ2) is 10.1. The van der Waals surface area contributed by atoms with E-state index in [-0.39, 0.29) is 36.1 Å². The van der Waals surface area contributed by atoms with Gasteiger partial charge in [0.1, 0.15) is 0 Å². The van der Waals surface area contributed by atoms with Crippen molar-refractivity contribution in [1.29, 1.82) is 0 Å². The summed E-state index contributed by atoms with van der Waals surface area (Å²) in [6.07, 6.45) is 2.25. The third kappa shape index (κ3) is 5.97. The Kier molecular flexibility index (Phi) is 8.89. The van der Waals surface area contributed by atoms with E-state index >= 15 is 0 Å². The van der Waals surface area contributed by atoms with Crippen molar-refractivity contribution < 1.29 is 9.59 Å². The molecule has 25 heavy (non-hydrogen) atoms. The van der Waals surface area contributed by atoms with Crippen molar-refractivity contribution in [2.24, 2.45) is 17.6 Å². The van der Waals surface area contributed by atoms with Crippen LogP contribution in [0.3, 0.4) is 0 Å². The van der Waals surface area contributed by atoms with E-state index in [1.165, 1.54) is 0 Å². The molecule has 0 radical (unpaired) electrons. The predicted octanol–water partition coefficient (Wildman–Crippen LogP) is 3.42. The van der Waals surface area contributed by atoms with E-state index in [0.717, 1.165) is 16.6 Å². The molecule has 1 fully saturated rings. The molecular weight excluding hydrogens is 406 g/mol. The number of nitrogens with zero attached hydrogens (tertiary/aromatic N) is 1. The summed E-state index contributed by atoms with van der Waals surface area (Å²) >= 11 is 3.37. The van der Waals surface area contributed by atoms with Gasteiger partial charge in [-0.3, -0.25) is 9.59 Å². The van der Waals surface area contributed by atoms with E-state index in [0.29, 0.717) is 25.9 Å². The molecule has 1 aromatic carbocycles. The molecule has 2 unspecified atom stereocenters. The highest BCUT2D eigenvalue weighted by Gasteiger charge is 2.31. The summed E-state index contributed by atoms with van der Waals surface area (Å²) in [5.41, 5.74) is 6.83. The fraction of sp³-hybridized carbons (Fsp3) is 0.556. The smallest absolute Gasteiger partial charge is 0.239 e. The lowest BCUT2D eigenvalue weighted by Gasteiger charge is -2.34. The number of hydrogen-bond donors (Lipinski definition) is 2. The fourth-order valence-electron chi connectivity index (χ4n) is 2.85. The molecule has 0 aromatic heterocycles. The molecule has 7 heteroatoms. The van der Waals surface area contributed by atoms with E-state index in [9.17, 15) is 9.59 Å². The van der Waals surface area contributed by atoms with Gasteiger partial charge in [-0.05, 0) is 43.0 Å². The van der Waals surface area contributed by atoms with Gasteiger partial charge >= 0.3 is 0 Å². The molecule has 2 rings (SSSR count). The average molecular weight is 433 g/mol. The van der Waals surface area contributed by atoms with Gasteiger partial charge in [-0.1, -0.05) is 36.2 Å². The number of halogens is 2. The van der Waals surface area contributed by atoms with Crippen LogP contribution in [0.5, 0.6) is 0 Å². The zero-order chi connectivity index (χ0) is 17.7. The van der Waals surface area contributed by atoms with Crippen LogP contribution in [0.1, 0.15) is 33.1 Å². The summed E-state index contributed by atoms with van der Waals surface area (Å²) < 4.78 is 0.977. The van der Waals surface area contributed by atoms with Crippen LogP contribution in [-0.2, 0) is 9.59 Å². The second-order valence-electron chi connectivity index (χ2n) is 6.51. The first-order valence-electron chi connectivity index (χ1n) is 8.53. The molecule has 1 saturated heterocycles. The summed E-state index contributed by atoms with van der Waals surface area (Å²) in [4.78, 5) is 26.6. The molecule has 0 spiro atoms. The lowest BCUT2D eigenvalue weighted by atomic mass is 9.93. The Labute approximate surface area is 164 Å². The molecular formula is C18H27BrClN3O2. The number of likely N-dealkylation sites (tertiary alicyclic amines) is 1. The normalized spacial score (nSPS) is 17.4. The standard InChI is InChI=1S/C18H26BrN3O2.ClH/c1-3-12(2)16(20)18(24)22-10-8-13(9-11-22)17(23)21-15-6-4-14(19)5-7-15;/h4-7,12-13,16H,3,8-11,20H2,1-2H3,(H,21,23);1H. The summed E-state index contributed by atoms with van der Waals surface area (Å²) in [5.74, 6) is 0.153. The van der Waals surface area contributed by atoms with E-state index < -0.39 is 6.04 Å². The molecule has 0 aliphatic carbocycles. The molecule has 1 heterocycles. The number of amides is 2. The summed E-state index contributed by atoms with van der Waals surface area (Å²) in [6, 6.07) is 7.08. The van der Waals surface area contributed by atoms with Crippen LogP contribution in [0.4, 0.5) is 5.69 Å². The van der Waals surface area contributed by atoms with Crippen LogP contribution in [0.25, 0.3) is 0 Å². The molecule has 1 aliphatic rings.